The Labute approximate surface area is 114 Å². The quantitative estimate of drug-likeness (QED) is 0.713. The molecule has 0 spiro atoms. The molecular formula is C15H24FNO2. The molecule has 1 unspecified atom stereocenters. The Hall–Kier alpha value is -1.13. The molecule has 0 aliphatic heterocycles. The number of halogens is 1. The van der Waals surface area contributed by atoms with Gasteiger partial charge in [-0.25, -0.2) is 4.39 Å². The van der Waals surface area contributed by atoms with Crippen LogP contribution in [0.3, 0.4) is 0 Å². The van der Waals surface area contributed by atoms with Gasteiger partial charge in [-0.15, -0.1) is 0 Å². The van der Waals surface area contributed by atoms with Crippen LogP contribution in [0.25, 0.3) is 0 Å². The van der Waals surface area contributed by atoms with E-state index in [1.54, 1.807) is 13.0 Å². The number of aliphatic hydroxyl groups excluding tert-OH is 1. The Balaban J connectivity index is 2.88. The molecule has 0 heterocycles. The molecule has 1 aromatic rings. The third kappa shape index (κ3) is 4.80. The van der Waals surface area contributed by atoms with Gasteiger partial charge >= 0.3 is 0 Å². The van der Waals surface area contributed by atoms with Crippen molar-refractivity contribution in [1.82, 2.24) is 5.32 Å². The molecule has 1 aromatic carbocycles. The highest BCUT2D eigenvalue weighted by atomic mass is 19.1. The Kier molecular flexibility index (Phi) is 6.81. The van der Waals surface area contributed by atoms with E-state index in [-0.39, 0.29) is 18.5 Å². The molecular weight excluding hydrogens is 245 g/mol. The molecule has 0 saturated carbocycles. The Morgan fingerprint density at radius 1 is 1.42 bits per heavy atom. The number of rotatable bonds is 8. The zero-order valence-electron chi connectivity index (χ0n) is 12.0. The van der Waals surface area contributed by atoms with Gasteiger partial charge in [0.2, 0.25) is 0 Å². The standard InChI is InChI=1S/C15H24FNO2/c1-4-6-17-12(3)13-10-14(16)11(2)9-15(13)19-8-5-7-18/h9-10,12,17-18H,4-8H2,1-3H3. The van der Waals surface area contributed by atoms with E-state index in [0.29, 0.717) is 24.3 Å². The van der Waals surface area contributed by atoms with Crippen molar-refractivity contribution in [2.45, 2.75) is 39.7 Å². The van der Waals surface area contributed by atoms with Gasteiger partial charge in [-0.2, -0.15) is 0 Å². The average molecular weight is 269 g/mol. The average Bonchev–Trinajstić information content (AvgIpc) is 2.40. The number of benzene rings is 1. The van der Waals surface area contributed by atoms with Gasteiger partial charge in [-0.05, 0) is 44.5 Å². The second-order valence-corrected chi connectivity index (χ2v) is 4.74. The summed E-state index contributed by atoms with van der Waals surface area (Å²) in [5, 5.41) is 12.1. The fourth-order valence-electron chi connectivity index (χ4n) is 1.85. The van der Waals surface area contributed by atoms with Crippen molar-refractivity contribution in [3.63, 3.8) is 0 Å². The van der Waals surface area contributed by atoms with E-state index in [0.717, 1.165) is 18.5 Å². The molecule has 0 fully saturated rings. The monoisotopic (exact) mass is 269 g/mol. The summed E-state index contributed by atoms with van der Waals surface area (Å²) in [4.78, 5) is 0. The summed E-state index contributed by atoms with van der Waals surface area (Å²) in [6, 6.07) is 3.31. The first-order chi connectivity index (χ1) is 9.10. The SMILES string of the molecule is CCCNC(C)c1cc(F)c(C)cc1OCCCO. The summed E-state index contributed by atoms with van der Waals surface area (Å²) in [7, 11) is 0. The maximum absolute atomic E-state index is 13.7. The van der Waals surface area contributed by atoms with Crippen LogP contribution >= 0.6 is 0 Å². The largest absolute Gasteiger partial charge is 0.493 e. The summed E-state index contributed by atoms with van der Waals surface area (Å²) >= 11 is 0. The van der Waals surface area contributed by atoms with Gasteiger partial charge in [-0.3, -0.25) is 0 Å². The third-order valence-electron chi connectivity index (χ3n) is 3.02. The van der Waals surface area contributed by atoms with Crippen molar-refractivity contribution < 1.29 is 14.2 Å². The van der Waals surface area contributed by atoms with E-state index < -0.39 is 0 Å². The van der Waals surface area contributed by atoms with Gasteiger partial charge in [0.1, 0.15) is 11.6 Å². The van der Waals surface area contributed by atoms with Crippen LogP contribution in [0.5, 0.6) is 5.75 Å². The van der Waals surface area contributed by atoms with Crippen LogP contribution in [0.4, 0.5) is 4.39 Å². The van der Waals surface area contributed by atoms with E-state index in [4.69, 9.17) is 9.84 Å². The van der Waals surface area contributed by atoms with Gasteiger partial charge < -0.3 is 15.2 Å². The number of aliphatic hydroxyl groups is 1. The normalized spacial score (nSPS) is 12.5. The first-order valence-electron chi connectivity index (χ1n) is 6.87. The van der Waals surface area contributed by atoms with Gasteiger partial charge in [-0.1, -0.05) is 6.92 Å². The smallest absolute Gasteiger partial charge is 0.126 e. The van der Waals surface area contributed by atoms with E-state index in [2.05, 4.69) is 12.2 Å². The summed E-state index contributed by atoms with van der Waals surface area (Å²) in [6.45, 7) is 7.23. The fraction of sp³-hybridized carbons (Fsp3) is 0.600. The lowest BCUT2D eigenvalue weighted by Gasteiger charge is -2.19. The van der Waals surface area contributed by atoms with Crippen LogP contribution in [0.15, 0.2) is 12.1 Å². The van der Waals surface area contributed by atoms with E-state index in [1.165, 1.54) is 6.07 Å². The lowest BCUT2D eigenvalue weighted by Crippen LogP contribution is -2.20. The molecule has 0 aliphatic carbocycles. The van der Waals surface area contributed by atoms with Crippen LogP contribution in [0.2, 0.25) is 0 Å². The molecule has 1 atom stereocenters. The molecule has 108 valence electrons. The maximum atomic E-state index is 13.7. The molecule has 0 saturated heterocycles. The number of ether oxygens (including phenoxy) is 1. The predicted octanol–water partition coefficient (Wildman–Crippen LogP) is 2.96. The molecule has 2 N–H and O–H groups in total. The second kappa shape index (κ2) is 8.12. The van der Waals surface area contributed by atoms with Gasteiger partial charge in [0.05, 0.1) is 6.61 Å². The molecule has 1 rings (SSSR count). The van der Waals surface area contributed by atoms with Crippen LogP contribution < -0.4 is 10.1 Å². The number of hydrogen-bond donors (Lipinski definition) is 2. The minimum Gasteiger partial charge on any atom is -0.493 e. The first kappa shape index (κ1) is 15.9. The van der Waals surface area contributed by atoms with E-state index in [9.17, 15) is 4.39 Å². The molecule has 3 nitrogen and oxygen atoms in total. The predicted molar refractivity (Wildman–Crippen MR) is 75.0 cm³/mol. The lowest BCUT2D eigenvalue weighted by molar-refractivity contribution is 0.231. The summed E-state index contributed by atoms with van der Waals surface area (Å²) in [5.74, 6) is 0.484. The van der Waals surface area contributed by atoms with Gasteiger partial charge in [0.15, 0.2) is 0 Å². The fourth-order valence-corrected chi connectivity index (χ4v) is 1.85. The van der Waals surface area contributed by atoms with Crippen molar-refractivity contribution in [3.05, 3.63) is 29.1 Å². The lowest BCUT2D eigenvalue weighted by atomic mass is 10.0. The minimum absolute atomic E-state index is 0.0409. The third-order valence-corrected chi connectivity index (χ3v) is 3.02. The number of hydrogen-bond acceptors (Lipinski definition) is 3. The number of aryl methyl sites for hydroxylation is 1. The van der Waals surface area contributed by atoms with E-state index in [1.807, 2.05) is 6.92 Å². The summed E-state index contributed by atoms with van der Waals surface area (Å²) in [5.41, 5.74) is 1.40. The molecule has 0 bridgehead atoms. The Bertz CT molecular complexity index is 396. The van der Waals surface area contributed by atoms with Crippen LogP contribution in [0.1, 0.15) is 43.9 Å². The number of nitrogens with one attached hydrogen (secondary N) is 1. The van der Waals surface area contributed by atoms with Crippen LogP contribution in [-0.2, 0) is 0 Å². The van der Waals surface area contributed by atoms with Crippen molar-refractivity contribution in [2.24, 2.45) is 0 Å². The Morgan fingerprint density at radius 2 is 2.16 bits per heavy atom. The molecule has 19 heavy (non-hydrogen) atoms. The summed E-state index contributed by atoms with van der Waals surface area (Å²) in [6.07, 6.45) is 1.60. The highest BCUT2D eigenvalue weighted by Crippen LogP contribution is 2.28. The zero-order chi connectivity index (χ0) is 14.3. The zero-order valence-corrected chi connectivity index (χ0v) is 12.0. The maximum Gasteiger partial charge on any atom is 0.126 e. The first-order valence-corrected chi connectivity index (χ1v) is 6.87. The van der Waals surface area contributed by atoms with Crippen molar-refractivity contribution >= 4 is 0 Å². The highest BCUT2D eigenvalue weighted by Gasteiger charge is 2.14. The van der Waals surface area contributed by atoms with Crippen molar-refractivity contribution in [1.29, 1.82) is 0 Å². The molecule has 0 aromatic heterocycles. The summed E-state index contributed by atoms with van der Waals surface area (Å²) < 4.78 is 19.4. The van der Waals surface area contributed by atoms with Gasteiger partial charge in [0.25, 0.3) is 0 Å². The molecule has 0 radical (unpaired) electrons. The highest BCUT2D eigenvalue weighted by molar-refractivity contribution is 5.40. The van der Waals surface area contributed by atoms with Gasteiger partial charge in [0, 0.05) is 24.6 Å². The van der Waals surface area contributed by atoms with Crippen LogP contribution in [-0.4, -0.2) is 24.9 Å². The topological polar surface area (TPSA) is 41.5 Å². The van der Waals surface area contributed by atoms with Crippen LogP contribution in [0, 0.1) is 12.7 Å². The molecule has 0 aliphatic rings. The second-order valence-electron chi connectivity index (χ2n) is 4.74. The van der Waals surface area contributed by atoms with Crippen molar-refractivity contribution in [2.75, 3.05) is 19.8 Å². The molecule has 0 amide bonds. The van der Waals surface area contributed by atoms with Crippen molar-refractivity contribution in [3.8, 4) is 5.75 Å². The minimum atomic E-state index is -0.213. The van der Waals surface area contributed by atoms with E-state index >= 15 is 0 Å². The Morgan fingerprint density at radius 3 is 2.79 bits per heavy atom. The molecule has 4 heteroatoms.